The highest BCUT2D eigenvalue weighted by Gasteiger charge is 2.21. The predicted octanol–water partition coefficient (Wildman–Crippen LogP) is -0.260. The van der Waals surface area contributed by atoms with Gasteiger partial charge in [-0.05, 0) is 12.1 Å². The molecular weight excluding hydrogens is 170 g/mol. The van der Waals surface area contributed by atoms with Crippen LogP contribution in [-0.2, 0) is 4.79 Å². The van der Waals surface area contributed by atoms with Crippen molar-refractivity contribution in [2.75, 3.05) is 11.9 Å². The summed E-state index contributed by atoms with van der Waals surface area (Å²) >= 11 is 0. The molecule has 0 radical (unpaired) electrons. The maximum Gasteiger partial charge on any atom is 0.244 e. The topological polar surface area (TPSA) is 77.2 Å². The highest BCUT2D eigenvalue weighted by molar-refractivity contribution is 5.96. The summed E-state index contributed by atoms with van der Waals surface area (Å²) in [5, 5.41) is 2.62. The third kappa shape index (κ3) is 1.46. The Morgan fingerprint density at radius 1 is 1.69 bits per heavy atom. The third-order valence-corrected chi connectivity index (χ3v) is 1.77. The van der Waals surface area contributed by atoms with Crippen LogP contribution in [0.1, 0.15) is 0 Å². The predicted molar refractivity (Wildman–Crippen MR) is 46.3 cm³/mol. The van der Waals surface area contributed by atoms with E-state index in [4.69, 9.17) is 10.5 Å². The second kappa shape index (κ2) is 3.02. The molecule has 1 unspecified atom stereocenters. The van der Waals surface area contributed by atoms with E-state index in [1.165, 1.54) is 0 Å². The molecule has 1 amide bonds. The SMILES string of the molecule is NC1COc2ncccc2NC1=O. The number of carbonyl (C=O) groups excluding carboxylic acids is 1. The van der Waals surface area contributed by atoms with Gasteiger partial charge in [0.25, 0.3) is 0 Å². The first kappa shape index (κ1) is 8.00. The molecule has 13 heavy (non-hydrogen) atoms. The van der Waals surface area contributed by atoms with Crippen LogP contribution in [0.3, 0.4) is 0 Å². The van der Waals surface area contributed by atoms with Crippen LogP contribution in [0.25, 0.3) is 0 Å². The number of ether oxygens (including phenoxy) is 1. The molecule has 3 N–H and O–H groups in total. The second-order valence-corrected chi connectivity index (χ2v) is 2.76. The molecule has 5 nitrogen and oxygen atoms in total. The summed E-state index contributed by atoms with van der Waals surface area (Å²) in [6.07, 6.45) is 1.60. The van der Waals surface area contributed by atoms with Crippen LogP contribution in [0.5, 0.6) is 5.88 Å². The van der Waals surface area contributed by atoms with Crippen LogP contribution >= 0.6 is 0 Å². The van der Waals surface area contributed by atoms with Crippen molar-refractivity contribution in [3.8, 4) is 5.88 Å². The molecule has 1 aliphatic rings. The Labute approximate surface area is 74.9 Å². The molecule has 0 spiro atoms. The molecule has 0 bridgehead atoms. The molecular formula is C8H9N3O2. The molecule has 2 rings (SSSR count). The number of nitrogens with zero attached hydrogens (tertiary/aromatic N) is 1. The molecule has 2 heterocycles. The van der Waals surface area contributed by atoms with Gasteiger partial charge in [-0.15, -0.1) is 0 Å². The van der Waals surface area contributed by atoms with Gasteiger partial charge in [0.15, 0.2) is 0 Å². The maximum absolute atomic E-state index is 11.2. The summed E-state index contributed by atoms with van der Waals surface area (Å²) in [4.78, 5) is 15.2. The number of carbonyl (C=O) groups is 1. The van der Waals surface area contributed by atoms with E-state index in [0.717, 1.165) is 0 Å². The Hall–Kier alpha value is -1.62. The van der Waals surface area contributed by atoms with E-state index in [1.54, 1.807) is 18.3 Å². The van der Waals surface area contributed by atoms with Crippen LogP contribution in [0, 0.1) is 0 Å². The van der Waals surface area contributed by atoms with Crippen LogP contribution in [0.2, 0.25) is 0 Å². The average molecular weight is 179 g/mol. The van der Waals surface area contributed by atoms with Gasteiger partial charge >= 0.3 is 0 Å². The van der Waals surface area contributed by atoms with E-state index in [9.17, 15) is 4.79 Å². The number of nitrogens with two attached hydrogens (primary N) is 1. The van der Waals surface area contributed by atoms with Crippen molar-refractivity contribution in [1.29, 1.82) is 0 Å². The summed E-state index contributed by atoms with van der Waals surface area (Å²) in [5.41, 5.74) is 6.06. The van der Waals surface area contributed by atoms with Gasteiger partial charge in [-0.25, -0.2) is 4.98 Å². The summed E-state index contributed by atoms with van der Waals surface area (Å²) in [6.45, 7) is 0.163. The van der Waals surface area contributed by atoms with Gasteiger partial charge in [-0.2, -0.15) is 0 Å². The van der Waals surface area contributed by atoms with Gasteiger partial charge in [-0.1, -0.05) is 0 Å². The summed E-state index contributed by atoms with van der Waals surface area (Å²) < 4.78 is 5.21. The summed E-state index contributed by atoms with van der Waals surface area (Å²) in [7, 11) is 0. The van der Waals surface area contributed by atoms with Gasteiger partial charge in [0, 0.05) is 6.20 Å². The fraction of sp³-hybridized carbons (Fsp3) is 0.250. The van der Waals surface area contributed by atoms with Crippen molar-refractivity contribution in [1.82, 2.24) is 4.98 Å². The fourth-order valence-corrected chi connectivity index (χ4v) is 1.07. The molecule has 0 aliphatic carbocycles. The van der Waals surface area contributed by atoms with Crippen molar-refractivity contribution in [3.05, 3.63) is 18.3 Å². The number of pyridine rings is 1. The van der Waals surface area contributed by atoms with Crippen molar-refractivity contribution >= 4 is 11.6 Å². The van der Waals surface area contributed by atoms with E-state index in [2.05, 4.69) is 10.3 Å². The fourth-order valence-electron chi connectivity index (χ4n) is 1.07. The Morgan fingerprint density at radius 3 is 3.38 bits per heavy atom. The lowest BCUT2D eigenvalue weighted by Crippen LogP contribution is -2.38. The van der Waals surface area contributed by atoms with Gasteiger partial charge in [0.2, 0.25) is 11.8 Å². The number of hydrogen-bond donors (Lipinski definition) is 2. The molecule has 0 aromatic carbocycles. The number of hydrogen-bond acceptors (Lipinski definition) is 4. The standard InChI is InChI=1S/C8H9N3O2/c9-5-4-13-8-6(11-7(5)12)2-1-3-10-8/h1-3,5H,4,9H2,(H,11,12). The summed E-state index contributed by atoms with van der Waals surface area (Å²) in [6, 6.07) is 2.81. The lowest BCUT2D eigenvalue weighted by Gasteiger charge is -2.03. The average Bonchev–Trinajstić information content (AvgIpc) is 2.28. The van der Waals surface area contributed by atoms with Gasteiger partial charge in [0.05, 0.1) is 0 Å². The first-order valence-corrected chi connectivity index (χ1v) is 3.91. The Bertz CT molecular complexity index is 340. The molecule has 1 aliphatic heterocycles. The third-order valence-electron chi connectivity index (χ3n) is 1.77. The van der Waals surface area contributed by atoms with Crippen molar-refractivity contribution < 1.29 is 9.53 Å². The van der Waals surface area contributed by atoms with Crippen LogP contribution in [0.15, 0.2) is 18.3 Å². The Morgan fingerprint density at radius 2 is 2.54 bits per heavy atom. The van der Waals surface area contributed by atoms with E-state index in [1.807, 2.05) is 0 Å². The van der Waals surface area contributed by atoms with E-state index >= 15 is 0 Å². The zero-order valence-electron chi connectivity index (χ0n) is 6.86. The van der Waals surface area contributed by atoms with Gasteiger partial charge in [0.1, 0.15) is 18.3 Å². The number of fused-ring (bicyclic) bond motifs is 1. The van der Waals surface area contributed by atoms with Crippen molar-refractivity contribution in [3.63, 3.8) is 0 Å². The van der Waals surface area contributed by atoms with Crippen LogP contribution in [-0.4, -0.2) is 23.5 Å². The minimum absolute atomic E-state index is 0.163. The number of aromatic nitrogens is 1. The lowest BCUT2D eigenvalue weighted by molar-refractivity contribution is -0.117. The quantitative estimate of drug-likeness (QED) is 0.575. The molecule has 5 heteroatoms. The van der Waals surface area contributed by atoms with Gasteiger partial charge < -0.3 is 15.8 Å². The molecule has 1 aromatic rings. The van der Waals surface area contributed by atoms with E-state index in [-0.39, 0.29) is 12.5 Å². The first-order valence-electron chi connectivity index (χ1n) is 3.91. The molecule has 1 aromatic heterocycles. The first-order chi connectivity index (χ1) is 6.27. The largest absolute Gasteiger partial charge is 0.474 e. The lowest BCUT2D eigenvalue weighted by atomic mass is 10.3. The minimum Gasteiger partial charge on any atom is -0.474 e. The zero-order chi connectivity index (χ0) is 9.26. The van der Waals surface area contributed by atoms with E-state index < -0.39 is 6.04 Å². The smallest absolute Gasteiger partial charge is 0.244 e. The Kier molecular flexibility index (Phi) is 1.86. The molecule has 0 saturated heterocycles. The molecule has 68 valence electrons. The number of amides is 1. The number of rotatable bonds is 0. The van der Waals surface area contributed by atoms with Crippen molar-refractivity contribution in [2.45, 2.75) is 6.04 Å². The van der Waals surface area contributed by atoms with Crippen LogP contribution in [0.4, 0.5) is 5.69 Å². The maximum atomic E-state index is 11.2. The minimum atomic E-state index is -0.630. The van der Waals surface area contributed by atoms with Crippen molar-refractivity contribution in [2.24, 2.45) is 5.73 Å². The molecule has 0 saturated carbocycles. The zero-order valence-corrected chi connectivity index (χ0v) is 6.86. The van der Waals surface area contributed by atoms with E-state index in [0.29, 0.717) is 11.6 Å². The monoisotopic (exact) mass is 179 g/mol. The van der Waals surface area contributed by atoms with Crippen LogP contribution < -0.4 is 15.8 Å². The Balaban J connectivity index is 2.35. The van der Waals surface area contributed by atoms with Gasteiger partial charge in [-0.3, -0.25) is 4.79 Å². The number of nitrogens with one attached hydrogen (secondary N) is 1. The highest BCUT2D eigenvalue weighted by Crippen LogP contribution is 2.22. The summed E-state index contributed by atoms with van der Waals surface area (Å²) in [5.74, 6) is 0.176. The normalized spacial score (nSPS) is 21.0. The number of anilines is 1. The molecule has 0 fully saturated rings. The molecule has 1 atom stereocenters. The highest BCUT2D eigenvalue weighted by atomic mass is 16.5. The second-order valence-electron chi connectivity index (χ2n) is 2.76.